The number of nitrogens with zero attached hydrogens (tertiary/aromatic N) is 1. The zero-order valence-corrected chi connectivity index (χ0v) is 10.1. The van der Waals surface area contributed by atoms with Gasteiger partial charge in [0.1, 0.15) is 11.3 Å². The molecule has 0 saturated heterocycles. The zero-order chi connectivity index (χ0) is 12.5. The second-order valence-electron chi connectivity index (χ2n) is 3.96. The van der Waals surface area contributed by atoms with Crippen molar-refractivity contribution in [3.8, 4) is 11.5 Å². The number of rotatable bonds is 2. The molecule has 0 radical (unpaired) electrons. The summed E-state index contributed by atoms with van der Waals surface area (Å²) >= 11 is 5.73. The Labute approximate surface area is 108 Å². The van der Waals surface area contributed by atoms with Crippen LogP contribution in [-0.2, 0) is 5.88 Å². The average molecular weight is 262 g/mol. The fraction of sp³-hybridized carbons (Fsp3) is 0.0714. The van der Waals surface area contributed by atoms with Gasteiger partial charge < -0.3 is 4.42 Å². The van der Waals surface area contributed by atoms with Crippen LogP contribution in [0.2, 0.25) is 0 Å². The molecule has 2 aromatic carbocycles. The van der Waals surface area contributed by atoms with Crippen molar-refractivity contribution in [3.63, 3.8) is 0 Å². The van der Waals surface area contributed by atoms with Crippen molar-refractivity contribution < 1.29 is 8.81 Å². The van der Waals surface area contributed by atoms with Crippen molar-refractivity contribution in [1.82, 2.24) is 4.98 Å². The van der Waals surface area contributed by atoms with Gasteiger partial charge in [-0.15, -0.1) is 11.6 Å². The van der Waals surface area contributed by atoms with E-state index in [1.54, 1.807) is 6.07 Å². The summed E-state index contributed by atoms with van der Waals surface area (Å²) in [5.41, 5.74) is 2.97. The topological polar surface area (TPSA) is 26.0 Å². The van der Waals surface area contributed by atoms with Crippen LogP contribution in [0.1, 0.15) is 5.56 Å². The summed E-state index contributed by atoms with van der Waals surface area (Å²) in [7, 11) is 0. The molecule has 90 valence electrons. The predicted molar refractivity (Wildman–Crippen MR) is 69.0 cm³/mol. The fourth-order valence-corrected chi connectivity index (χ4v) is 1.94. The molecule has 0 amide bonds. The minimum atomic E-state index is -0.320. The van der Waals surface area contributed by atoms with E-state index in [9.17, 15) is 4.39 Å². The van der Waals surface area contributed by atoms with Crippen LogP contribution in [0.3, 0.4) is 0 Å². The monoisotopic (exact) mass is 261 g/mol. The molecule has 1 heterocycles. The maximum Gasteiger partial charge on any atom is 0.227 e. The van der Waals surface area contributed by atoms with Crippen molar-refractivity contribution in [3.05, 3.63) is 53.8 Å². The summed E-state index contributed by atoms with van der Waals surface area (Å²) in [6.07, 6.45) is 0. The third-order valence-corrected chi connectivity index (χ3v) is 3.01. The van der Waals surface area contributed by atoms with Gasteiger partial charge in [-0.1, -0.05) is 12.1 Å². The molecule has 0 aliphatic rings. The molecule has 0 unspecified atom stereocenters. The van der Waals surface area contributed by atoms with Crippen LogP contribution in [0.15, 0.2) is 46.9 Å². The minimum Gasteiger partial charge on any atom is -0.436 e. The third-order valence-electron chi connectivity index (χ3n) is 2.70. The molecule has 18 heavy (non-hydrogen) atoms. The molecule has 3 aromatic rings. The predicted octanol–water partition coefficient (Wildman–Crippen LogP) is 4.37. The SMILES string of the molecule is Fc1ccc2oc(-c3ccc(CCl)cc3)nc2c1. The van der Waals surface area contributed by atoms with Gasteiger partial charge in [-0.3, -0.25) is 0 Å². The van der Waals surface area contributed by atoms with Gasteiger partial charge in [0.2, 0.25) is 5.89 Å². The minimum absolute atomic E-state index is 0.320. The standard InChI is InChI=1S/C14H9ClFNO/c15-8-9-1-3-10(4-2-9)14-17-12-7-11(16)5-6-13(12)18-14/h1-7H,8H2. The third kappa shape index (κ3) is 1.97. The first-order valence-electron chi connectivity index (χ1n) is 5.47. The Balaban J connectivity index is 2.07. The fourth-order valence-electron chi connectivity index (χ4n) is 1.76. The first kappa shape index (κ1) is 11.2. The van der Waals surface area contributed by atoms with Gasteiger partial charge in [0.15, 0.2) is 5.58 Å². The molecular formula is C14H9ClFNO. The highest BCUT2D eigenvalue weighted by molar-refractivity contribution is 6.17. The van der Waals surface area contributed by atoms with Gasteiger partial charge in [0.25, 0.3) is 0 Å². The lowest BCUT2D eigenvalue weighted by Gasteiger charge is -1.96. The van der Waals surface area contributed by atoms with Crippen LogP contribution in [0.5, 0.6) is 0 Å². The summed E-state index contributed by atoms with van der Waals surface area (Å²) in [5.74, 6) is 0.635. The highest BCUT2D eigenvalue weighted by Crippen LogP contribution is 2.25. The van der Waals surface area contributed by atoms with Crippen LogP contribution in [0, 0.1) is 5.82 Å². The second-order valence-corrected chi connectivity index (χ2v) is 4.23. The maximum atomic E-state index is 13.1. The molecule has 0 atom stereocenters. The van der Waals surface area contributed by atoms with E-state index in [1.165, 1.54) is 12.1 Å². The summed E-state index contributed by atoms with van der Waals surface area (Å²) < 4.78 is 18.6. The lowest BCUT2D eigenvalue weighted by Crippen LogP contribution is -1.80. The summed E-state index contributed by atoms with van der Waals surface area (Å²) in [6, 6.07) is 11.9. The van der Waals surface area contributed by atoms with Crippen molar-refractivity contribution in [2.75, 3.05) is 0 Å². The summed E-state index contributed by atoms with van der Waals surface area (Å²) in [6.45, 7) is 0. The van der Waals surface area contributed by atoms with Gasteiger partial charge in [-0.25, -0.2) is 9.37 Å². The van der Waals surface area contributed by atoms with Crippen molar-refractivity contribution in [2.24, 2.45) is 0 Å². The number of hydrogen-bond donors (Lipinski definition) is 0. The Hall–Kier alpha value is -1.87. The molecule has 0 bridgehead atoms. The molecule has 4 heteroatoms. The molecule has 0 aliphatic heterocycles. The van der Waals surface area contributed by atoms with E-state index in [4.69, 9.17) is 16.0 Å². The number of hydrogen-bond acceptors (Lipinski definition) is 2. The van der Waals surface area contributed by atoms with Crippen LogP contribution in [-0.4, -0.2) is 4.98 Å². The molecule has 3 rings (SSSR count). The molecule has 0 saturated carbocycles. The molecule has 0 N–H and O–H groups in total. The van der Waals surface area contributed by atoms with Gasteiger partial charge in [0, 0.05) is 17.5 Å². The Morgan fingerprint density at radius 1 is 1.11 bits per heavy atom. The Kier molecular flexibility index (Phi) is 2.76. The number of oxazole rings is 1. The Morgan fingerprint density at radius 3 is 2.61 bits per heavy atom. The van der Waals surface area contributed by atoms with E-state index >= 15 is 0 Å². The van der Waals surface area contributed by atoms with E-state index in [2.05, 4.69) is 4.98 Å². The molecule has 1 aromatic heterocycles. The van der Waals surface area contributed by atoms with E-state index in [0.717, 1.165) is 11.1 Å². The van der Waals surface area contributed by atoms with E-state index in [1.807, 2.05) is 24.3 Å². The van der Waals surface area contributed by atoms with Gasteiger partial charge in [-0.2, -0.15) is 0 Å². The van der Waals surface area contributed by atoms with Crippen molar-refractivity contribution in [2.45, 2.75) is 5.88 Å². The van der Waals surface area contributed by atoms with Gasteiger partial charge in [0.05, 0.1) is 0 Å². The molecule has 0 fully saturated rings. The second kappa shape index (κ2) is 4.42. The maximum absolute atomic E-state index is 13.1. The van der Waals surface area contributed by atoms with Crippen molar-refractivity contribution in [1.29, 1.82) is 0 Å². The number of fused-ring (bicyclic) bond motifs is 1. The largest absolute Gasteiger partial charge is 0.436 e. The lowest BCUT2D eigenvalue weighted by atomic mass is 10.1. The van der Waals surface area contributed by atoms with E-state index < -0.39 is 0 Å². The summed E-state index contributed by atoms with van der Waals surface area (Å²) in [5, 5.41) is 0. The normalized spacial score (nSPS) is 11.0. The quantitative estimate of drug-likeness (QED) is 0.640. The Bertz CT molecular complexity index is 691. The average Bonchev–Trinajstić information content (AvgIpc) is 2.81. The smallest absolute Gasteiger partial charge is 0.227 e. The highest BCUT2D eigenvalue weighted by Gasteiger charge is 2.08. The highest BCUT2D eigenvalue weighted by atomic mass is 35.5. The number of aromatic nitrogens is 1. The van der Waals surface area contributed by atoms with Gasteiger partial charge >= 0.3 is 0 Å². The van der Waals surface area contributed by atoms with E-state index in [0.29, 0.717) is 22.9 Å². The molecular weight excluding hydrogens is 253 g/mol. The van der Waals surface area contributed by atoms with Gasteiger partial charge in [-0.05, 0) is 29.8 Å². The van der Waals surface area contributed by atoms with Crippen LogP contribution in [0.4, 0.5) is 4.39 Å². The molecule has 0 spiro atoms. The molecule has 0 aliphatic carbocycles. The first-order valence-corrected chi connectivity index (χ1v) is 6.01. The first-order chi connectivity index (χ1) is 8.76. The van der Waals surface area contributed by atoms with Crippen LogP contribution < -0.4 is 0 Å². The zero-order valence-electron chi connectivity index (χ0n) is 9.36. The number of alkyl halides is 1. The van der Waals surface area contributed by atoms with Crippen LogP contribution in [0.25, 0.3) is 22.6 Å². The number of halogens is 2. The number of benzene rings is 2. The van der Waals surface area contributed by atoms with E-state index in [-0.39, 0.29) is 5.82 Å². The Morgan fingerprint density at radius 2 is 1.89 bits per heavy atom. The van der Waals surface area contributed by atoms with Crippen molar-refractivity contribution >= 4 is 22.7 Å². The lowest BCUT2D eigenvalue weighted by molar-refractivity contribution is 0.614. The van der Waals surface area contributed by atoms with Crippen LogP contribution >= 0.6 is 11.6 Å². The molecule has 2 nitrogen and oxygen atoms in total. The summed E-state index contributed by atoms with van der Waals surface area (Å²) in [4.78, 5) is 4.26.